The largest absolute Gasteiger partial charge is 0.387 e. The number of aliphatic hydroxyl groups is 1. The second kappa shape index (κ2) is 7.79. The molecule has 1 unspecified atom stereocenters. The lowest BCUT2D eigenvalue weighted by molar-refractivity contribution is 0.0598. The second-order valence-electron chi connectivity index (χ2n) is 5.32. The first kappa shape index (κ1) is 16.3. The molecule has 0 amide bonds. The predicted molar refractivity (Wildman–Crippen MR) is 76.1 cm³/mol. The number of hydrogen-bond acceptors (Lipinski definition) is 4. The average Bonchev–Trinajstić information content (AvgIpc) is 2.49. The molecule has 1 atom stereocenters. The van der Waals surface area contributed by atoms with Crippen LogP contribution in [0.15, 0.2) is 18.2 Å². The van der Waals surface area contributed by atoms with Gasteiger partial charge >= 0.3 is 0 Å². The van der Waals surface area contributed by atoms with Crippen molar-refractivity contribution in [3.63, 3.8) is 0 Å². The number of aliphatic hydroxyl groups excluding tert-OH is 1. The third kappa shape index (κ3) is 4.71. The van der Waals surface area contributed by atoms with Crippen molar-refractivity contribution in [3.05, 3.63) is 35.4 Å². The first-order chi connectivity index (χ1) is 10.1. The number of methoxy groups -OCH3 is 1. The van der Waals surface area contributed by atoms with Crippen molar-refractivity contribution in [2.45, 2.75) is 6.10 Å². The summed E-state index contributed by atoms with van der Waals surface area (Å²) < 4.78 is 31.8. The molecular formula is C15H22F2N2O2. The highest BCUT2D eigenvalue weighted by molar-refractivity contribution is 5.21. The van der Waals surface area contributed by atoms with E-state index in [1.165, 1.54) is 0 Å². The number of piperazine rings is 1. The van der Waals surface area contributed by atoms with E-state index in [0.29, 0.717) is 13.2 Å². The van der Waals surface area contributed by atoms with Crippen molar-refractivity contribution < 1.29 is 18.6 Å². The molecule has 21 heavy (non-hydrogen) atoms. The van der Waals surface area contributed by atoms with E-state index in [0.717, 1.165) is 50.9 Å². The van der Waals surface area contributed by atoms with Crippen molar-refractivity contribution in [1.82, 2.24) is 9.80 Å². The van der Waals surface area contributed by atoms with Crippen LogP contribution in [0.25, 0.3) is 0 Å². The van der Waals surface area contributed by atoms with Crippen LogP contribution in [0.4, 0.5) is 8.78 Å². The SMILES string of the molecule is COCCN1CCN(CC(O)c2cc(F)ccc2F)CC1. The van der Waals surface area contributed by atoms with Gasteiger partial charge in [0, 0.05) is 51.9 Å². The van der Waals surface area contributed by atoms with Gasteiger partial charge in [0.25, 0.3) is 0 Å². The normalized spacial score (nSPS) is 18.9. The first-order valence-electron chi connectivity index (χ1n) is 7.17. The van der Waals surface area contributed by atoms with Crippen molar-refractivity contribution in [2.24, 2.45) is 0 Å². The molecule has 0 radical (unpaired) electrons. The third-order valence-corrected chi connectivity index (χ3v) is 3.82. The van der Waals surface area contributed by atoms with Crippen molar-refractivity contribution in [2.75, 3.05) is 53.0 Å². The molecule has 0 saturated carbocycles. The average molecular weight is 300 g/mol. The fraction of sp³-hybridized carbons (Fsp3) is 0.600. The minimum atomic E-state index is -1.01. The molecule has 0 aromatic heterocycles. The van der Waals surface area contributed by atoms with E-state index in [1.54, 1.807) is 7.11 Å². The maximum Gasteiger partial charge on any atom is 0.129 e. The number of nitrogens with zero attached hydrogens (tertiary/aromatic N) is 2. The number of benzene rings is 1. The van der Waals surface area contributed by atoms with Crippen LogP contribution < -0.4 is 0 Å². The minimum Gasteiger partial charge on any atom is -0.387 e. The first-order valence-corrected chi connectivity index (χ1v) is 7.17. The quantitative estimate of drug-likeness (QED) is 0.858. The fourth-order valence-corrected chi connectivity index (χ4v) is 2.53. The molecule has 1 aliphatic heterocycles. The highest BCUT2D eigenvalue weighted by Gasteiger charge is 2.21. The van der Waals surface area contributed by atoms with Gasteiger partial charge in [0.15, 0.2) is 0 Å². The number of halogens is 2. The van der Waals surface area contributed by atoms with Gasteiger partial charge in [0.05, 0.1) is 12.7 Å². The highest BCUT2D eigenvalue weighted by Crippen LogP contribution is 2.20. The van der Waals surface area contributed by atoms with E-state index >= 15 is 0 Å². The smallest absolute Gasteiger partial charge is 0.129 e. The molecule has 1 aliphatic rings. The molecule has 1 fully saturated rings. The van der Waals surface area contributed by atoms with Gasteiger partial charge in [-0.05, 0) is 18.2 Å². The van der Waals surface area contributed by atoms with Gasteiger partial charge in [-0.25, -0.2) is 8.78 Å². The standard InChI is InChI=1S/C15H22F2N2O2/c1-21-9-8-18-4-6-19(7-5-18)11-15(20)13-10-12(16)2-3-14(13)17/h2-3,10,15,20H,4-9,11H2,1H3. The zero-order valence-corrected chi connectivity index (χ0v) is 12.3. The lowest BCUT2D eigenvalue weighted by Gasteiger charge is -2.35. The van der Waals surface area contributed by atoms with Gasteiger partial charge in [0.2, 0.25) is 0 Å². The number of hydrogen-bond donors (Lipinski definition) is 1. The van der Waals surface area contributed by atoms with E-state index in [4.69, 9.17) is 4.74 Å². The Labute approximate surface area is 123 Å². The van der Waals surface area contributed by atoms with Crippen molar-refractivity contribution >= 4 is 0 Å². The zero-order chi connectivity index (χ0) is 15.2. The van der Waals surface area contributed by atoms with Gasteiger partial charge in [-0.2, -0.15) is 0 Å². The molecule has 4 nitrogen and oxygen atoms in total. The summed E-state index contributed by atoms with van der Waals surface area (Å²) in [6, 6.07) is 3.17. The van der Waals surface area contributed by atoms with Crippen LogP contribution in [0.1, 0.15) is 11.7 Å². The molecule has 1 aromatic rings. The van der Waals surface area contributed by atoms with E-state index in [1.807, 2.05) is 0 Å². The highest BCUT2D eigenvalue weighted by atomic mass is 19.1. The van der Waals surface area contributed by atoms with Gasteiger partial charge in [-0.3, -0.25) is 9.80 Å². The van der Waals surface area contributed by atoms with E-state index < -0.39 is 17.7 Å². The summed E-state index contributed by atoms with van der Waals surface area (Å²) in [6.07, 6.45) is -1.01. The maximum atomic E-state index is 13.6. The molecule has 1 N–H and O–H groups in total. The molecular weight excluding hydrogens is 278 g/mol. The van der Waals surface area contributed by atoms with Crippen molar-refractivity contribution in [3.8, 4) is 0 Å². The Bertz CT molecular complexity index is 451. The second-order valence-corrected chi connectivity index (χ2v) is 5.32. The van der Waals surface area contributed by atoms with E-state index in [9.17, 15) is 13.9 Å². The summed E-state index contributed by atoms with van der Waals surface area (Å²) >= 11 is 0. The monoisotopic (exact) mass is 300 g/mol. The summed E-state index contributed by atoms with van der Waals surface area (Å²) in [7, 11) is 1.68. The molecule has 0 spiro atoms. The summed E-state index contributed by atoms with van der Waals surface area (Å²) in [5, 5.41) is 10.1. The van der Waals surface area contributed by atoms with Gasteiger partial charge in [0.1, 0.15) is 11.6 Å². The van der Waals surface area contributed by atoms with E-state index in [-0.39, 0.29) is 5.56 Å². The molecule has 118 valence electrons. The van der Waals surface area contributed by atoms with Gasteiger partial charge in [-0.1, -0.05) is 0 Å². The Morgan fingerprint density at radius 2 is 1.86 bits per heavy atom. The fourth-order valence-electron chi connectivity index (χ4n) is 2.53. The van der Waals surface area contributed by atoms with E-state index in [2.05, 4.69) is 9.80 Å². The summed E-state index contributed by atoms with van der Waals surface area (Å²) in [4.78, 5) is 4.35. The Morgan fingerprint density at radius 3 is 2.52 bits per heavy atom. The van der Waals surface area contributed by atoms with Gasteiger partial charge in [-0.15, -0.1) is 0 Å². The number of β-amino-alcohol motifs (C(OH)–C–C–N with tert-alkyl or cyclic N) is 1. The van der Waals surface area contributed by atoms with Crippen LogP contribution in [0, 0.1) is 11.6 Å². The zero-order valence-electron chi connectivity index (χ0n) is 12.3. The Balaban J connectivity index is 1.84. The van der Waals surface area contributed by atoms with Crippen LogP contribution in [-0.4, -0.2) is 67.9 Å². The number of ether oxygens (including phenoxy) is 1. The molecule has 1 saturated heterocycles. The Kier molecular flexibility index (Phi) is 6.05. The lowest BCUT2D eigenvalue weighted by atomic mass is 10.1. The van der Waals surface area contributed by atoms with Gasteiger partial charge < -0.3 is 9.84 Å². The molecule has 1 heterocycles. The van der Waals surface area contributed by atoms with Crippen LogP contribution in [0.2, 0.25) is 0 Å². The van der Waals surface area contributed by atoms with Crippen molar-refractivity contribution in [1.29, 1.82) is 0 Å². The summed E-state index contributed by atoms with van der Waals surface area (Å²) in [6.45, 7) is 5.31. The molecule has 2 rings (SSSR count). The molecule has 6 heteroatoms. The summed E-state index contributed by atoms with van der Waals surface area (Å²) in [5.74, 6) is -1.10. The minimum absolute atomic E-state index is 0.0248. The maximum absolute atomic E-state index is 13.6. The topological polar surface area (TPSA) is 35.9 Å². The van der Waals surface area contributed by atoms with Crippen LogP contribution in [-0.2, 0) is 4.74 Å². The predicted octanol–water partition coefficient (Wildman–Crippen LogP) is 1.26. The Morgan fingerprint density at radius 1 is 1.19 bits per heavy atom. The van der Waals surface area contributed by atoms with Crippen LogP contribution in [0.3, 0.4) is 0 Å². The molecule has 0 aliphatic carbocycles. The lowest BCUT2D eigenvalue weighted by Crippen LogP contribution is -2.48. The molecule has 0 bridgehead atoms. The third-order valence-electron chi connectivity index (χ3n) is 3.82. The van der Waals surface area contributed by atoms with Crippen LogP contribution in [0.5, 0.6) is 0 Å². The van der Waals surface area contributed by atoms with Crippen LogP contribution >= 0.6 is 0 Å². The number of rotatable bonds is 6. The molecule has 1 aromatic carbocycles. The summed E-state index contributed by atoms with van der Waals surface area (Å²) in [5.41, 5.74) is 0.0248. The Hall–Kier alpha value is -1.08.